The second-order valence-corrected chi connectivity index (χ2v) is 4.28. The SMILES string of the molecule is CN(CCNC1CC1)c1ccccc1C#N. The molecule has 3 nitrogen and oxygen atoms in total. The molecule has 0 saturated heterocycles. The van der Waals surface area contributed by atoms with Gasteiger partial charge in [0.05, 0.1) is 11.3 Å². The Bertz CT molecular complexity index is 390. The normalized spacial score (nSPS) is 14.5. The van der Waals surface area contributed by atoms with E-state index < -0.39 is 0 Å². The summed E-state index contributed by atoms with van der Waals surface area (Å²) in [5, 5.41) is 12.5. The van der Waals surface area contributed by atoms with Crippen LogP contribution in [-0.2, 0) is 0 Å². The van der Waals surface area contributed by atoms with Gasteiger partial charge in [0.2, 0.25) is 0 Å². The summed E-state index contributed by atoms with van der Waals surface area (Å²) < 4.78 is 0. The Balaban J connectivity index is 1.91. The Kier molecular flexibility index (Phi) is 3.43. The summed E-state index contributed by atoms with van der Waals surface area (Å²) in [6, 6.07) is 10.7. The predicted octanol–water partition coefficient (Wildman–Crippen LogP) is 1.75. The molecule has 0 heterocycles. The number of nitrogens with one attached hydrogen (secondary N) is 1. The van der Waals surface area contributed by atoms with Crippen molar-refractivity contribution in [3.63, 3.8) is 0 Å². The molecule has 0 amide bonds. The molecule has 1 aliphatic carbocycles. The predicted molar refractivity (Wildman–Crippen MR) is 65.5 cm³/mol. The highest BCUT2D eigenvalue weighted by molar-refractivity contribution is 5.58. The van der Waals surface area contributed by atoms with Crippen LogP contribution in [0.4, 0.5) is 5.69 Å². The van der Waals surface area contributed by atoms with Gasteiger partial charge in [-0.1, -0.05) is 12.1 Å². The average molecular weight is 215 g/mol. The van der Waals surface area contributed by atoms with Gasteiger partial charge >= 0.3 is 0 Å². The van der Waals surface area contributed by atoms with Crippen LogP contribution in [0.3, 0.4) is 0 Å². The minimum Gasteiger partial charge on any atom is -0.372 e. The third kappa shape index (κ3) is 2.74. The molecule has 16 heavy (non-hydrogen) atoms. The number of rotatable bonds is 5. The van der Waals surface area contributed by atoms with Crippen molar-refractivity contribution < 1.29 is 0 Å². The molecule has 1 aromatic rings. The molecule has 0 unspecified atom stereocenters. The third-order valence-corrected chi connectivity index (χ3v) is 2.89. The molecule has 1 aromatic carbocycles. The zero-order valence-electron chi connectivity index (χ0n) is 9.61. The lowest BCUT2D eigenvalue weighted by Crippen LogP contribution is -2.30. The van der Waals surface area contributed by atoms with E-state index in [0.717, 1.165) is 30.4 Å². The maximum absolute atomic E-state index is 9.00. The monoisotopic (exact) mass is 215 g/mol. The number of benzene rings is 1. The first-order valence-corrected chi connectivity index (χ1v) is 5.75. The topological polar surface area (TPSA) is 39.1 Å². The summed E-state index contributed by atoms with van der Waals surface area (Å²) in [5.41, 5.74) is 1.76. The van der Waals surface area contributed by atoms with E-state index in [4.69, 9.17) is 5.26 Å². The first-order valence-electron chi connectivity index (χ1n) is 5.75. The number of para-hydroxylation sites is 1. The number of hydrogen-bond donors (Lipinski definition) is 1. The number of hydrogen-bond acceptors (Lipinski definition) is 3. The van der Waals surface area contributed by atoms with E-state index >= 15 is 0 Å². The van der Waals surface area contributed by atoms with Crippen LogP contribution in [0.2, 0.25) is 0 Å². The molecule has 0 aromatic heterocycles. The fourth-order valence-electron chi connectivity index (χ4n) is 1.75. The molecule has 1 fully saturated rings. The standard InChI is InChI=1S/C13H17N3/c1-16(9-8-15-12-6-7-12)13-5-3-2-4-11(13)10-14/h2-5,12,15H,6-9H2,1H3. The van der Waals surface area contributed by atoms with Crippen LogP contribution in [-0.4, -0.2) is 26.2 Å². The number of anilines is 1. The Hall–Kier alpha value is -1.53. The van der Waals surface area contributed by atoms with Crippen LogP contribution < -0.4 is 10.2 Å². The summed E-state index contributed by atoms with van der Waals surface area (Å²) in [6.07, 6.45) is 2.64. The summed E-state index contributed by atoms with van der Waals surface area (Å²) in [6.45, 7) is 1.93. The Morgan fingerprint density at radius 3 is 2.88 bits per heavy atom. The van der Waals surface area contributed by atoms with Gasteiger partial charge in [0, 0.05) is 26.2 Å². The molecular formula is C13H17N3. The van der Waals surface area contributed by atoms with E-state index in [9.17, 15) is 0 Å². The number of nitrogens with zero attached hydrogens (tertiary/aromatic N) is 2. The number of nitriles is 1. The van der Waals surface area contributed by atoms with Crippen LogP contribution in [0.15, 0.2) is 24.3 Å². The highest BCUT2D eigenvalue weighted by Crippen LogP contribution is 2.19. The van der Waals surface area contributed by atoms with Gasteiger partial charge in [-0.15, -0.1) is 0 Å². The quantitative estimate of drug-likeness (QED) is 0.813. The molecule has 2 rings (SSSR count). The zero-order valence-corrected chi connectivity index (χ0v) is 9.61. The van der Waals surface area contributed by atoms with Gasteiger partial charge in [-0.2, -0.15) is 5.26 Å². The Labute approximate surface area is 96.7 Å². The highest BCUT2D eigenvalue weighted by atomic mass is 15.1. The molecule has 1 aliphatic rings. The van der Waals surface area contributed by atoms with Gasteiger partial charge in [0.1, 0.15) is 6.07 Å². The van der Waals surface area contributed by atoms with Crippen LogP contribution in [0.5, 0.6) is 0 Å². The zero-order chi connectivity index (χ0) is 11.4. The molecule has 1 N–H and O–H groups in total. The van der Waals surface area contributed by atoms with Gasteiger partial charge in [-0.3, -0.25) is 0 Å². The molecule has 3 heteroatoms. The lowest BCUT2D eigenvalue weighted by molar-refractivity contribution is 0.675. The minimum absolute atomic E-state index is 0.747. The van der Waals surface area contributed by atoms with Crippen molar-refractivity contribution in [2.75, 3.05) is 25.0 Å². The maximum atomic E-state index is 9.00. The fourth-order valence-corrected chi connectivity index (χ4v) is 1.75. The van der Waals surface area contributed by atoms with Crippen LogP contribution in [0, 0.1) is 11.3 Å². The summed E-state index contributed by atoms with van der Waals surface area (Å²) >= 11 is 0. The van der Waals surface area contributed by atoms with Crippen molar-refractivity contribution in [3.8, 4) is 6.07 Å². The van der Waals surface area contributed by atoms with E-state index in [-0.39, 0.29) is 0 Å². The van der Waals surface area contributed by atoms with Crippen molar-refractivity contribution in [2.45, 2.75) is 18.9 Å². The van der Waals surface area contributed by atoms with Gasteiger partial charge < -0.3 is 10.2 Å². The molecule has 0 atom stereocenters. The van der Waals surface area contributed by atoms with E-state index in [1.165, 1.54) is 12.8 Å². The van der Waals surface area contributed by atoms with Crippen molar-refractivity contribution in [3.05, 3.63) is 29.8 Å². The molecule has 0 radical (unpaired) electrons. The lowest BCUT2D eigenvalue weighted by Gasteiger charge is -2.20. The lowest BCUT2D eigenvalue weighted by atomic mass is 10.2. The second-order valence-electron chi connectivity index (χ2n) is 4.28. The molecule has 0 aliphatic heterocycles. The first kappa shape index (κ1) is 11.0. The van der Waals surface area contributed by atoms with E-state index in [2.05, 4.69) is 16.3 Å². The van der Waals surface area contributed by atoms with Crippen molar-refractivity contribution in [1.29, 1.82) is 5.26 Å². The second kappa shape index (κ2) is 5.00. The molecular weight excluding hydrogens is 198 g/mol. The molecule has 84 valence electrons. The molecule has 1 saturated carbocycles. The van der Waals surface area contributed by atoms with Crippen molar-refractivity contribution in [1.82, 2.24) is 5.32 Å². The van der Waals surface area contributed by atoms with Gasteiger partial charge in [-0.05, 0) is 25.0 Å². The van der Waals surface area contributed by atoms with E-state index in [0.29, 0.717) is 0 Å². The van der Waals surface area contributed by atoms with Crippen LogP contribution in [0.25, 0.3) is 0 Å². The Morgan fingerprint density at radius 2 is 2.19 bits per heavy atom. The van der Waals surface area contributed by atoms with E-state index in [1.54, 1.807) is 0 Å². The Morgan fingerprint density at radius 1 is 1.44 bits per heavy atom. The van der Waals surface area contributed by atoms with Crippen LogP contribution in [0.1, 0.15) is 18.4 Å². The van der Waals surface area contributed by atoms with Gasteiger partial charge in [0.15, 0.2) is 0 Å². The summed E-state index contributed by atoms with van der Waals surface area (Å²) in [4.78, 5) is 2.13. The first-order chi connectivity index (χ1) is 7.81. The minimum atomic E-state index is 0.747. The highest BCUT2D eigenvalue weighted by Gasteiger charge is 2.19. The smallest absolute Gasteiger partial charge is 0.101 e. The summed E-state index contributed by atoms with van der Waals surface area (Å²) in [7, 11) is 2.03. The summed E-state index contributed by atoms with van der Waals surface area (Å²) in [5.74, 6) is 0. The van der Waals surface area contributed by atoms with E-state index in [1.807, 2.05) is 31.3 Å². The average Bonchev–Trinajstić information content (AvgIpc) is 3.13. The number of likely N-dealkylation sites (N-methyl/N-ethyl adjacent to an activating group) is 1. The van der Waals surface area contributed by atoms with Gasteiger partial charge in [-0.25, -0.2) is 0 Å². The van der Waals surface area contributed by atoms with Crippen molar-refractivity contribution in [2.24, 2.45) is 0 Å². The van der Waals surface area contributed by atoms with Gasteiger partial charge in [0.25, 0.3) is 0 Å². The largest absolute Gasteiger partial charge is 0.372 e. The third-order valence-electron chi connectivity index (χ3n) is 2.89. The maximum Gasteiger partial charge on any atom is 0.101 e. The molecule has 0 bridgehead atoms. The van der Waals surface area contributed by atoms with Crippen molar-refractivity contribution >= 4 is 5.69 Å². The van der Waals surface area contributed by atoms with Crippen LogP contribution >= 0.6 is 0 Å². The molecule has 0 spiro atoms. The fraction of sp³-hybridized carbons (Fsp3) is 0.462.